The minimum absolute atomic E-state index is 0.144. The molecular formula is C12H18N4O2S. The molecule has 2 rings (SSSR count). The molecule has 19 heavy (non-hydrogen) atoms. The number of hydrogen-bond acceptors (Lipinski definition) is 5. The Labute approximate surface area is 116 Å². The molecule has 1 fully saturated rings. The molecule has 1 aliphatic rings. The van der Waals surface area contributed by atoms with Crippen LogP contribution in [0.4, 0.5) is 0 Å². The second-order valence-corrected chi connectivity index (χ2v) is 6.02. The standard InChI is InChI=1S/C12H18N4O2S/c1-7(13)9-15-8(6-19-9)10(17)16-5-4-14-11(18)12(16,2)3/h6-7H,4-5,13H2,1-3H3,(H,14,18). The van der Waals surface area contributed by atoms with Crippen molar-refractivity contribution in [1.82, 2.24) is 15.2 Å². The normalized spacial score (nSPS) is 20.0. The molecule has 1 aromatic rings. The smallest absolute Gasteiger partial charge is 0.274 e. The van der Waals surface area contributed by atoms with Crippen LogP contribution in [0.5, 0.6) is 0 Å². The molecule has 2 amide bonds. The molecule has 1 aliphatic heterocycles. The first-order valence-electron chi connectivity index (χ1n) is 6.15. The quantitative estimate of drug-likeness (QED) is 0.827. The summed E-state index contributed by atoms with van der Waals surface area (Å²) in [6.07, 6.45) is 0. The highest BCUT2D eigenvalue weighted by atomic mass is 32.1. The maximum absolute atomic E-state index is 12.4. The second kappa shape index (κ2) is 4.90. The molecule has 3 N–H and O–H groups in total. The van der Waals surface area contributed by atoms with Gasteiger partial charge in [-0.15, -0.1) is 11.3 Å². The fourth-order valence-corrected chi connectivity index (χ4v) is 2.74. The van der Waals surface area contributed by atoms with Gasteiger partial charge in [-0.1, -0.05) is 0 Å². The maximum atomic E-state index is 12.4. The lowest BCUT2D eigenvalue weighted by Crippen LogP contribution is -2.63. The Morgan fingerprint density at radius 2 is 2.32 bits per heavy atom. The third-order valence-corrected chi connectivity index (χ3v) is 4.27. The van der Waals surface area contributed by atoms with E-state index in [1.54, 1.807) is 24.1 Å². The van der Waals surface area contributed by atoms with Crippen LogP contribution in [0.3, 0.4) is 0 Å². The summed E-state index contributed by atoms with van der Waals surface area (Å²) >= 11 is 1.37. The maximum Gasteiger partial charge on any atom is 0.274 e. The lowest BCUT2D eigenvalue weighted by Gasteiger charge is -2.40. The lowest BCUT2D eigenvalue weighted by molar-refractivity contribution is -0.133. The van der Waals surface area contributed by atoms with Crippen molar-refractivity contribution in [3.8, 4) is 0 Å². The van der Waals surface area contributed by atoms with Crippen LogP contribution in [0.1, 0.15) is 42.3 Å². The van der Waals surface area contributed by atoms with Crippen LogP contribution in [-0.4, -0.2) is 40.3 Å². The van der Waals surface area contributed by atoms with Crippen LogP contribution in [0.25, 0.3) is 0 Å². The van der Waals surface area contributed by atoms with Crippen molar-refractivity contribution < 1.29 is 9.59 Å². The number of thiazole rings is 1. The number of nitrogens with two attached hydrogens (primary N) is 1. The van der Waals surface area contributed by atoms with Gasteiger partial charge in [0.1, 0.15) is 16.2 Å². The van der Waals surface area contributed by atoms with E-state index in [1.165, 1.54) is 11.3 Å². The number of aromatic nitrogens is 1. The highest BCUT2D eigenvalue weighted by molar-refractivity contribution is 7.09. The van der Waals surface area contributed by atoms with Crippen molar-refractivity contribution >= 4 is 23.2 Å². The number of hydrogen-bond donors (Lipinski definition) is 2. The van der Waals surface area contributed by atoms with Gasteiger partial charge in [-0.2, -0.15) is 0 Å². The third-order valence-electron chi connectivity index (χ3n) is 3.23. The van der Waals surface area contributed by atoms with Crippen LogP contribution < -0.4 is 11.1 Å². The number of rotatable bonds is 2. The molecule has 0 aromatic carbocycles. The predicted octanol–water partition coefficient (Wildman–Crippen LogP) is 0.513. The van der Waals surface area contributed by atoms with Crippen LogP contribution in [0.15, 0.2) is 5.38 Å². The van der Waals surface area contributed by atoms with Gasteiger partial charge in [0.2, 0.25) is 5.91 Å². The summed E-state index contributed by atoms with van der Waals surface area (Å²) in [5.41, 5.74) is 5.25. The molecular weight excluding hydrogens is 264 g/mol. The van der Waals surface area contributed by atoms with Crippen molar-refractivity contribution in [3.05, 3.63) is 16.1 Å². The SMILES string of the molecule is CC(N)c1nc(C(=O)N2CCNC(=O)C2(C)C)cs1. The Hall–Kier alpha value is -1.47. The molecule has 2 heterocycles. The van der Waals surface area contributed by atoms with Gasteiger partial charge in [0, 0.05) is 18.5 Å². The van der Waals surface area contributed by atoms with Gasteiger partial charge in [-0.05, 0) is 20.8 Å². The molecule has 0 radical (unpaired) electrons. The average molecular weight is 282 g/mol. The Kier molecular flexibility index (Phi) is 3.60. The van der Waals surface area contributed by atoms with Gasteiger partial charge in [0.25, 0.3) is 5.91 Å². The molecule has 104 valence electrons. The molecule has 0 spiro atoms. The first kappa shape index (κ1) is 14.0. The zero-order valence-electron chi connectivity index (χ0n) is 11.3. The highest BCUT2D eigenvalue weighted by Crippen LogP contribution is 2.23. The van der Waals surface area contributed by atoms with Crippen molar-refractivity contribution in [2.24, 2.45) is 5.73 Å². The van der Waals surface area contributed by atoms with Gasteiger partial charge in [0.05, 0.1) is 6.04 Å². The van der Waals surface area contributed by atoms with Crippen LogP contribution in [-0.2, 0) is 4.79 Å². The van der Waals surface area contributed by atoms with E-state index in [0.717, 1.165) is 5.01 Å². The Bertz CT molecular complexity index is 510. The Morgan fingerprint density at radius 3 is 2.89 bits per heavy atom. The van der Waals surface area contributed by atoms with E-state index >= 15 is 0 Å². The summed E-state index contributed by atoms with van der Waals surface area (Å²) in [4.78, 5) is 30.1. The number of carbonyl (C=O) groups is 2. The summed E-state index contributed by atoms with van der Waals surface area (Å²) in [5, 5.41) is 5.18. The zero-order valence-corrected chi connectivity index (χ0v) is 12.1. The third kappa shape index (κ3) is 2.48. The molecule has 1 saturated heterocycles. The van der Waals surface area contributed by atoms with Crippen LogP contribution >= 0.6 is 11.3 Å². The summed E-state index contributed by atoms with van der Waals surface area (Å²) in [6.45, 7) is 6.25. The predicted molar refractivity (Wildman–Crippen MR) is 72.8 cm³/mol. The number of carbonyl (C=O) groups excluding carboxylic acids is 2. The van der Waals surface area contributed by atoms with Crippen LogP contribution in [0.2, 0.25) is 0 Å². The van der Waals surface area contributed by atoms with E-state index in [-0.39, 0.29) is 17.9 Å². The molecule has 7 heteroatoms. The average Bonchev–Trinajstić information content (AvgIpc) is 2.81. The van der Waals surface area contributed by atoms with Crippen LogP contribution in [0, 0.1) is 0 Å². The van der Waals surface area contributed by atoms with E-state index in [4.69, 9.17) is 5.73 Å². The molecule has 1 aromatic heterocycles. The van der Waals surface area contributed by atoms with E-state index in [2.05, 4.69) is 10.3 Å². The minimum Gasteiger partial charge on any atom is -0.352 e. The topological polar surface area (TPSA) is 88.3 Å². The summed E-state index contributed by atoms with van der Waals surface area (Å²) in [5.74, 6) is -0.363. The molecule has 0 saturated carbocycles. The van der Waals surface area contributed by atoms with Crippen molar-refractivity contribution in [1.29, 1.82) is 0 Å². The number of nitrogens with zero attached hydrogens (tertiary/aromatic N) is 2. The fourth-order valence-electron chi connectivity index (χ4n) is 1.99. The molecule has 0 bridgehead atoms. The fraction of sp³-hybridized carbons (Fsp3) is 0.583. The number of amides is 2. The number of nitrogens with one attached hydrogen (secondary N) is 1. The second-order valence-electron chi connectivity index (χ2n) is 5.13. The van der Waals surface area contributed by atoms with Crippen molar-refractivity contribution in [2.45, 2.75) is 32.4 Å². The Balaban J connectivity index is 2.25. The molecule has 1 atom stereocenters. The van der Waals surface area contributed by atoms with E-state index < -0.39 is 5.54 Å². The van der Waals surface area contributed by atoms with Gasteiger partial charge < -0.3 is 16.0 Å². The van der Waals surface area contributed by atoms with E-state index in [0.29, 0.717) is 18.8 Å². The Morgan fingerprint density at radius 1 is 1.63 bits per heavy atom. The molecule has 1 unspecified atom stereocenters. The monoisotopic (exact) mass is 282 g/mol. The van der Waals surface area contributed by atoms with Crippen molar-refractivity contribution in [3.63, 3.8) is 0 Å². The van der Waals surface area contributed by atoms with Gasteiger partial charge in [0.15, 0.2) is 0 Å². The largest absolute Gasteiger partial charge is 0.352 e. The highest BCUT2D eigenvalue weighted by Gasteiger charge is 2.41. The first-order chi connectivity index (χ1) is 8.84. The number of piperazine rings is 1. The van der Waals surface area contributed by atoms with Crippen molar-refractivity contribution in [2.75, 3.05) is 13.1 Å². The van der Waals surface area contributed by atoms with Gasteiger partial charge >= 0.3 is 0 Å². The summed E-state index contributed by atoms with van der Waals surface area (Å²) < 4.78 is 0. The minimum atomic E-state index is -0.854. The molecule has 6 nitrogen and oxygen atoms in total. The van der Waals surface area contributed by atoms with E-state index in [9.17, 15) is 9.59 Å². The summed E-state index contributed by atoms with van der Waals surface area (Å²) in [7, 11) is 0. The van der Waals surface area contributed by atoms with Gasteiger partial charge in [-0.25, -0.2) is 4.98 Å². The molecule has 0 aliphatic carbocycles. The first-order valence-corrected chi connectivity index (χ1v) is 7.03. The lowest BCUT2D eigenvalue weighted by atomic mass is 9.98. The summed E-state index contributed by atoms with van der Waals surface area (Å²) in [6, 6.07) is -0.191. The zero-order chi connectivity index (χ0) is 14.2. The van der Waals surface area contributed by atoms with Gasteiger partial charge in [-0.3, -0.25) is 9.59 Å². The van der Waals surface area contributed by atoms with E-state index in [1.807, 2.05) is 6.92 Å².